The summed E-state index contributed by atoms with van der Waals surface area (Å²) in [5.41, 5.74) is 3.74. The van der Waals surface area contributed by atoms with Crippen LogP contribution >= 0.6 is 0 Å². The van der Waals surface area contributed by atoms with Crippen molar-refractivity contribution < 1.29 is 30.0 Å². The maximum atomic E-state index is 9.87. The van der Waals surface area contributed by atoms with Crippen LogP contribution in [0.4, 0.5) is 0 Å². The normalized spacial score (nSPS) is 17.3. The lowest BCUT2D eigenvalue weighted by atomic mass is 9.98. The maximum Gasteiger partial charge on any atom is 0.220 e. The molecule has 0 atom stereocenters. The SMILES string of the molecule is [2H]C([2H])([2H])[Si](c1cocn1)(C([2H])([2H])[2H])C1([Si](c2cocn2)(C([2H])([2H])[2H])C([2H])([2H])[2H])c2ccccc2Oc2c1cccc2[Si](c1ccccc1)(c1ccccc1)c1cccc(-n2c3ccccc3n3c4ccccc4nc23)c1. The second-order valence-electron chi connectivity index (χ2n) is 16.4. The van der Waals surface area contributed by atoms with Gasteiger partial charge in [-0.3, -0.25) is 8.97 Å². The first-order valence-corrected chi connectivity index (χ1v) is 27.0. The zero-order valence-electron chi connectivity index (χ0n) is 46.5. The third-order valence-electron chi connectivity index (χ3n) is 13.1. The highest BCUT2D eigenvalue weighted by molar-refractivity contribution is 7.20. The monoisotopic (exact) mass is 907 g/mol. The van der Waals surface area contributed by atoms with E-state index >= 15 is 0 Å². The van der Waals surface area contributed by atoms with E-state index in [0.717, 1.165) is 68.6 Å². The number of ether oxygens (including phenoxy) is 1. The first kappa shape index (κ1) is 28.5. The molecule has 65 heavy (non-hydrogen) atoms. The Bertz CT molecular complexity index is 3870. The summed E-state index contributed by atoms with van der Waals surface area (Å²) >= 11 is 0. The fraction of sp³-hybridized carbons (Fsp3) is 0.0926. The van der Waals surface area contributed by atoms with Crippen LogP contribution in [0.3, 0.4) is 0 Å². The van der Waals surface area contributed by atoms with Gasteiger partial charge in [0.05, 0.1) is 32.7 Å². The molecule has 7 aromatic carbocycles. The lowest BCUT2D eigenvalue weighted by molar-refractivity contribution is 0.453. The van der Waals surface area contributed by atoms with E-state index in [2.05, 4.69) is 25.0 Å². The van der Waals surface area contributed by atoms with Gasteiger partial charge in [-0.25, -0.2) is 15.0 Å². The van der Waals surface area contributed by atoms with Crippen LogP contribution in [0.15, 0.2) is 210 Å². The van der Waals surface area contributed by atoms with Crippen LogP contribution in [0.2, 0.25) is 25.9 Å². The van der Waals surface area contributed by atoms with Gasteiger partial charge >= 0.3 is 0 Å². The molecule has 4 aromatic heterocycles. The average molecular weight is 908 g/mol. The summed E-state index contributed by atoms with van der Waals surface area (Å²) in [6, 6.07) is 54.3. The number of fused-ring (bicyclic) bond motifs is 7. The first-order chi connectivity index (χ1) is 36.8. The van der Waals surface area contributed by atoms with Crippen molar-refractivity contribution in [3.63, 3.8) is 0 Å². The van der Waals surface area contributed by atoms with Gasteiger partial charge in [-0.15, -0.1) is 0 Å². The molecule has 5 heterocycles. The van der Waals surface area contributed by atoms with E-state index in [1.807, 2.05) is 133 Å². The Morgan fingerprint density at radius 2 is 1.11 bits per heavy atom. The zero-order valence-corrected chi connectivity index (χ0v) is 37.5. The molecule has 11 aromatic rings. The van der Waals surface area contributed by atoms with Crippen LogP contribution in [0.25, 0.3) is 33.5 Å². The fourth-order valence-corrected chi connectivity index (χ4v) is 22.5. The van der Waals surface area contributed by atoms with Gasteiger partial charge in [-0.2, -0.15) is 0 Å². The topological polar surface area (TPSA) is 83.5 Å². The van der Waals surface area contributed by atoms with Crippen LogP contribution < -0.4 is 36.1 Å². The molecule has 0 spiro atoms. The van der Waals surface area contributed by atoms with Gasteiger partial charge in [0.25, 0.3) is 0 Å². The lowest BCUT2D eigenvalue weighted by Crippen LogP contribution is -2.77. The number of para-hydroxylation sites is 6. The quantitative estimate of drug-likeness (QED) is 0.107. The number of oxazole rings is 2. The van der Waals surface area contributed by atoms with E-state index in [4.69, 9.17) is 18.6 Å². The third-order valence-corrected chi connectivity index (χ3v) is 25.5. The largest absolute Gasteiger partial charge is 0.457 e. The van der Waals surface area contributed by atoms with Crippen LogP contribution in [0, 0.1) is 0 Å². The average Bonchev–Trinajstić information content (AvgIpc) is 4.41. The summed E-state index contributed by atoms with van der Waals surface area (Å²) in [5, 5.41) is 1.65. The highest BCUT2D eigenvalue weighted by Crippen LogP contribution is 2.56. The van der Waals surface area contributed by atoms with Crippen molar-refractivity contribution >= 4 is 83.4 Å². The minimum Gasteiger partial charge on any atom is -0.457 e. The minimum atomic E-state index is -6.24. The van der Waals surface area contributed by atoms with E-state index in [-0.39, 0.29) is 22.6 Å². The molecule has 8 nitrogen and oxygen atoms in total. The molecule has 0 saturated heterocycles. The molecule has 0 fully saturated rings. The smallest absolute Gasteiger partial charge is 0.220 e. The fourth-order valence-electron chi connectivity index (χ4n) is 10.5. The number of imidazole rings is 2. The molecule has 12 rings (SSSR count). The predicted molar refractivity (Wildman–Crippen MR) is 268 cm³/mol. The summed E-state index contributed by atoms with van der Waals surface area (Å²) in [7, 11) is -16.6. The van der Waals surface area contributed by atoms with Crippen LogP contribution in [0.5, 0.6) is 11.5 Å². The number of benzene rings is 7. The molecule has 0 saturated carbocycles. The van der Waals surface area contributed by atoms with Crippen molar-refractivity contribution in [1.82, 2.24) is 23.9 Å². The number of aromatic nitrogens is 5. The van der Waals surface area contributed by atoms with Crippen LogP contribution in [0.1, 0.15) is 27.6 Å². The Hall–Kier alpha value is -7.32. The van der Waals surface area contributed by atoms with E-state index in [9.17, 15) is 16.4 Å². The van der Waals surface area contributed by atoms with Gasteiger partial charge in [-0.1, -0.05) is 159 Å². The van der Waals surface area contributed by atoms with Gasteiger partial charge in [0.1, 0.15) is 40.2 Å². The van der Waals surface area contributed by atoms with Crippen molar-refractivity contribution in [3.8, 4) is 17.2 Å². The predicted octanol–water partition coefficient (Wildman–Crippen LogP) is 8.49. The van der Waals surface area contributed by atoms with E-state index in [0.29, 0.717) is 11.0 Å². The number of nitrogens with zero attached hydrogens (tertiary/aromatic N) is 5. The molecule has 0 N–H and O–H groups in total. The summed E-state index contributed by atoms with van der Waals surface area (Å²) in [6.07, 6.45) is 3.61. The molecule has 1 aliphatic heterocycles. The van der Waals surface area contributed by atoms with E-state index < -0.39 is 65.4 Å². The van der Waals surface area contributed by atoms with Crippen molar-refractivity contribution in [2.75, 3.05) is 0 Å². The number of rotatable bonds is 9. The minimum absolute atomic E-state index is 0.0907. The summed E-state index contributed by atoms with van der Waals surface area (Å²) in [4.78, 5) is 14.0. The highest BCUT2D eigenvalue weighted by Gasteiger charge is 2.66. The molecular weight excluding hydrogens is 851 g/mol. The Labute approximate surface area is 396 Å². The van der Waals surface area contributed by atoms with Crippen molar-refractivity contribution in [3.05, 3.63) is 212 Å². The van der Waals surface area contributed by atoms with Gasteiger partial charge < -0.3 is 13.6 Å². The molecule has 11 heteroatoms. The van der Waals surface area contributed by atoms with Crippen molar-refractivity contribution in [1.29, 1.82) is 0 Å². The standard InChI is InChI=1S/C54H45N5O3Si3/c1-63(2,50-34-60-36-55-50)54(64(3,4)51-35-61-37-56-51)42-25-11-16-31-48(42)62-52-43(54)26-18-32-49(52)65(39-20-7-5-8-21-39,40-22-9-6-10-23-40)41-24-17-19-38(33-41)58-46-29-14-15-30-47(46)59-45-28-13-12-27-44(45)57-53(58)59/h5-37H,1-4H3/i1D3,2D3,3D3,4D3. The Balaban J connectivity index is 1.31. The molecule has 316 valence electrons. The van der Waals surface area contributed by atoms with Gasteiger partial charge in [0, 0.05) is 37.9 Å². The summed E-state index contributed by atoms with van der Waals surface area (Å²) in [5.74, 6) is 0.428. The summed E-state index contributed by atoms with van der Waals surface area (Å²) in [6.45, 7) is -14.7. The van der Waals surface area contributed by atoms with Crippen LogP contribution in [-0.4, -0.2) is 48.1 Å². The molecule has 0 amide bonds. The van der Waals surface area contributed by atoms with Gasteiger partial charge in [-0.05, 0) is 63.2 Å². The Morgan fingerprint density at radius 1 is 0.538 bits per heavy atom. The first-order valence-electron chi connectivity index (χ1n) is 27.0. The number of hydrogen-bond acceptors (Lipinski definition) is 6. The van der Waals surface area contributed by atoms with Gasteiger partial charge in [0.15, 0.2) is 20.9 Å². The summed E-state index contributed by atoms with van der Waals surface area (Å²) < 4.78 is 138. The Morgan fingerprint density at radius 3 is 1.77 bits per heavy atom. The molecule has 0 bridgehead atoms. The number of hydrogen-bond donors (Lipinski definition) is 0. The molecule has 1 aliphatic rings. The second kappa shape index (κ2) is 14.6. The van der Waals surface area contributed by atoms with Crippen molar-refractivity contribution in [2.45, 2.75) is 30.6 Å². The highest BCUT2D eigenvalue weighted by atomic mass is 28.4. The zero-order chi connectivity index (χ0) is 54.0. The molecular formula is C54H45N5O3Si3. The Kier molecular flexibility index (Phi) is 6.40. The maximum absolute atomic E-state index is 9.87. The molecule has 0 unspecified atom stereocenters. The second-order valence-corrected chi connectivity index (χ2v) is 26.2. The van der Waals surface area contributed by atoms with Gasteiger partial charge in [0.2, 0.25) is 5.78 Å². The molecule has 0 radical (unpaired) electrons. The van der Waals surface area contributed by atoms with E-state index in [1.165, 1.54) is 24.3 Å². The third kappa shape index (κ3) is 5.37. The van der Waals surface area contributed by atoms with Crippen molar-refractivity contribution in [2.24, 2.45) is 0 Å². The van der Waals surface area contributed by atoms with Crippen LogP contribution in [-0.2, 0) is 4.66 Å². The molecule has 0 aliphatic carbocycles. The van der Waals surface area contributed by atoms with E-state index in [1.54, 1.807) is 12.1 Å². The lowest BCUT2D eigenvalue weighted by Gasteiger charge is -2.56.